The molecule has 2 aromatic carbocycles. The van der Waals surface area contributed by atoms with E-state index in [0.29, 0.717) is 23.8 Å². The van der Waals surface area contributed by atoms with Gasteiger partial charge in [0.25, 0.3) is 0 Å². The maximum Gasteiger partial charge on any atom is 0.234 e. The molecule has 0 spiro atoms. The van der Waals surface area contributed by atoms with Crippen LogP contribution in [0.1, 0.15) is 18.3 Å². The van der Waals surface area contributed by atoms with Gasteiger partial charge in [0, 0.05) is 18.7 Å². The van der Waals surface area contributed by atoms with E-state index < -0.39 is 5.82 Å². The summed E-state index contributed by atoms with van der Waals surface area (Å²) in [4.78, 5) is 12.2. The number of carbonyl (C=O) groups is 1. The number of benzene rings is 2. The van der Waals surface area contributed by atoms with E-state index in [0.717, 1.165) is 17.1 Å². The van der Waals surface area contributed by atoms with Gasteiger partial charge in [-0.05, 0) is 42.8 Å². The fourth-order valence-electron chi connectivity index (χ4n) is 2.70. The van der Waals surface area contributed by atoms with Gasteiger partial charge in [-0.15, -0.1) is 10.2 Å². The predicted molar refractivity (Wildman–Crippen MR) is 112 cm³/mol. The lowest BCUT2D eigenvalue weighted by molar-refractivity contribution is -0.113. The zero-order valence-electron chi connectivity index (χ0n) is 16.0. The molecular formula is C20H20ClFN4O2S. The SMILES string of the molecule is CCn1c(Cc2ccc(OC)cc2)nnc1SCC(=O)Nc1ccc(F)c(Cl)c1. The number of amides is 1. The first-order chi connectivity index (χ1) is 14.0. The van der Waals surface area contributed by atoms with Gasteiger partial charge in [-0.3, -0.25) is 4.79 Å². The summed E-state index contributed by atoms with van der Waals surface area (Å²) in [5.74, 6) is 1.01. The Labute approximate surface area is 177 Å². The highest BCUT2D eigenvalue weighted by Gasteiger charge is 2.14. The van der Waals surface area contributed by atoms with Gasteiger partial charge in [-0.1, -0.05) is 35.5 Å². The molecule has 0 saturated heterocycles. The summed E-state index contributed by atoms with van der Waals surface area (Å²) < 4.78 is 20.4. The van der Waals surface area contributed by atoms with E-state index in [-0.39, 0.29) is 16.7 Å². The first kappa shape index (κ1) is 21.1. The van der Waals surface area contributed by atoms with Crippen molar-refractivity contribution in [3.63, 3.8) is 0 Å². The lowest BCUT2D eigenvalue weighted by atomic mass is 10.1. The van der Waals surface area contributed by atoms with Crippen molar-refractivity contribution in [2.24, 2.45) is 0 Å². The van der Waals surface area contributed by atoms with E-state index in [4.69, 9.17) is 16.3 Å². The average Bonchev–Trinajstić information content (AvgIpc) is 3.11. The molecule has 1 heterocycles. The molecule has 6 nitrogen and oxygen atoms in total. The molecule has 1 N–H and O–H groups in total. The molecule has 1 amide bonds. The van der Waals surface area contributed by atoms with Crippen LogP contribution in [0.5, 0.6) is 5.75 Å². The second kappa shape index (κ2) is 9.76. The number of halogens is 2. The number of nitrogens with zero attached hydrogens (tertiary/aromatic N) is 3. The van der Waals surface area contributed by atoms with E-state index >= 15 is 0 Å². The van der Waals surface area contributed by atoms with E-state index in [1.54, 1.807) is 7.11 Å². The fourth-order valence-corrected chi connectivity index (χ4v) is 3.70. The van der Waals surface area contributed by atoms with Crippen LogP contribution < -0.4 is 10.1 Å². The quantitative estimate of drug-likeness (QED) is 0.531. The number of nitrogens with one attached hydrogen (secondary N) is 1. The number of aromatic nitrogens is 3. The van der Waals surface area contributed by atoms with Crippen LogP contribution in [0.3, 0.4) is 0 Å². The molecule has 0 unspecified atom stereocenters. The molecule has 0 aliphatic rings. The minimum atomic E-state index is -0.528. The number of carbonyl (C=O) groups excluding carboxylic acids is 1. The highest BCUT2D eigenvalue weighted by atomic mass is 35.5. The number of rotatable bonds is 8. The van der Waals surface area contributed by atoms with Crippen molar-refractivity contribution < 1.29 is 13.9 Å². The van der Waals surface area contributed by atoms with Crippen molar-refractivity contribution in [3.8, 4) is 5.75 Å². The van der Waals surface area contributed by atoms with Crippen LogP contribution in [0, 0.1) is 5.82 Å². The van der Waals surface area contributed by atoms with Gasteiger partial charge in [-0.25, -0.2) is 4.39 Å². The van der Waals surface area contributed by atoms with Crippen LogP contribution in [0.4, 0.5) is 10.1 Å². The average molecular weight is 435 g/mol. The zero-order valence-corrected chi connectivity index (χ0v) is 17.6. The number of hydrogen-bond donors (Lipinski definition) is 1. The number of hydrogen-bond acceptors (Lipinski definition) is 5. The summed E-state index contributed by atoms with van der Waals surface area (Å²) in [6.07, 6.45) is 0.631. The van der Waals surface area contributed by atoms with Crippen molar-refractivity contribution in [1.29, 1.82) is 0 Å². The van der Waals surface area contributed by atoms with Gasteiger partial charge in [0.05, 0.1) is 17.9 Å². The molecule has 3 aromatic rings. The first-order valence-electron chi connectivity index (χ1n) is 8.93. The van der Waals surface area contributed by atoms with Crippen molar-refractivity contribution in [3.05, 3.63) is 64.7 Å². The summed E-state index contributed by atoms with van der Waals surface area (Å²) in [6, 6.07) is 11.8. The third-order valence-electron chi connectivity index (χ3n) is 4.17. The minimum Gasteiger partial charge on any atom is -0.497 e. The highest BCUT2D eigenvalue weighted by molar-refractivity contribution is 7.99. The summed E-state index contributed by atoms with van der Waals surface area (Å²) in [5, 5.41) is 11.8. The molecule has 0 aliphatic heterocycles. The molecule has 0 fully saturated rings. The molecule has 0 atom stereocenters. The molecule has 3 rings (SSSR count). The Morgan fingerprint density at radius 3 is 2.66 bits per heavy atom. The largest absolute Gasteiger partial charge is 0.497 e. The van der Waals surface area contributed by atoms with Gasteiger partial charge in [0.15, 0.2) is 5.16 Å². The maximum absolute atomic E-state index is 13.2. The molecule has 0 radical (unpaired) electrons. The van der Waals surface area contributed by atoms with Crippen LogP contribution in [0.25, 0.3) is 0 Å². The third kappa shape index (κ3) is 5.48. The van der Waals surface area contributed by atoms with E-state index in [2.05, 4.69) is 15.5 Å². The lowest BCUT2D eigenvalue weighted by Crippen LogP contribution is -2.15. The summed E-state index contributed by atoms with van der Waals surface area (Å²) in [6.45, 7) is 2.70. The molecule has 0 bridgehead atoms. The smallest absolute Gasteiger partial charge is 0.234 e. The van der Waals surface area contributed by atoms with E-state index in [1.165, 1.54) is 30.0 Å². The standard InChI is InChI=1S/C20H20ClFN4O2S/c1-3-26-18(10-13-4-7-15(28-2)8-5-13)24-25-20(26)29-12-19(27)23-14-6-9-17(22)16(21)11-14/h4-9,11H,3,10,12H2,1-2H3,(H,23,27). The van der Waals surface area contributed by atoms with Gasteiger partial charge in [0.1, 0.15) is 17.4 Å². The van der Waals surface area contributed by atoms with Crippen LogP contribution in [0.2, 0.25) is 5.02 Å². The van der Waals surface area contributed by atoms with Crippen LogP contribution >= 0.6 is 23.4 Å². The first-order valence-corrected chi connectivity index (χ1v) is 10.3. The minimum absolute atomic E-state index is 0.0376. The second-order valence-corrected chi connectivity index (χ2v) is 7.48. The highest BCUT2D eigenvalue weighted by Crippen LogP contribution is 2.22. The number of methoxy groups -OCH3 is 1. The molecule has 1 aromatic heterocycles. The summed E-state index contributed by atoms with van der Waals surface area (Å²) in [5.41, 5.74) is 1.54. The lowest BCUT2D eigenvalue weighted by Gasteiger charge is -2.08. The third-order valence-corrected chi connectivity index (χ3v) is 5.42. The van der Waals surface area contributed by atoms with Crippen LogP contribution in [0.15, 0.2) is 47.6 Å². The van der Waals surface area contributed by atoms with Gasteiger partial charge < -0.3 is 14.6 Å². The zero-order chi connectivity index (χ0) is 20.8. The number of ether oxygens (including phenoxy) is 1. The van der Waals surface area contributed by atoms with Crippen molar-refractivity contribution in [2.75, 3.05) is 18.2 Å². The van der Waals surface area contributed by atoms with Gasteiger partial charge >= 0.3 is 0 Å². The molecule has 152 valence electrons. The predicted octanol–water partition coefficient (Wildman–Crippen LogP) is 4.42. The normalized spacial score (nSPS) is 10.8. The molecule has 0 saturated carbocycles. The number of thioether (sulfide) groups is 1. The Hall–Kier alpha value is -2.58. The summed E-state index contributed by atoms with van der Waals surface area (Å²) in [7, 11) is 1.63. The van der Waals surface area contributed by atoms with Crippen molar-refractivity contribution >= 4 is 35.0 Å². The van der Waals surface area contributed by atoms with Crippen molar-refractivity contribution in [2.45, 2.75) is 25.0 Å². The molecule has 29 heavy (non-hydrogen) atoms. The van der Waals surface area contributed by atoms with E-state index in [1.807, 2.05) is 35.8 Å². The van der Waals surface area contributed by atoms with Gasteiger partial charge in [0.2, 0.25) is 5.91 Å². The Balaban J connectivity index is 1.61. The van der Waals surface area contributed by atoms with E-state index in [9.17, 15) is 9.18 Å². The Kier molecular flexibility index (Phi) is 7.11. The summed E-state index contributed by atoms with van der Waals surface area (Å²) >= 11 is 7.03. The molecule has 0 aliphatic carbocycles. The van der Waals surface area contributed by atoms with Crippen LogP contribution in [-0.4, -0.2) is 33.5 Å². The van der Waals surface area contributed by atoms with Crippen LogP contribution in [-0.2, 0) is 17.8 Å². The monoisotopic (exact) mass is 434 g/mol. The maximum atomic E-state index is 13.2. The van der Waals surface area contributed by atoms with Crippen molar-refractivity contribution in [1.82, 2.24) is 14.8 Å². The molecular weight excluding hydrogens is 415 g/mol. The topological polar surface area (TPSA) is 69.0 Å². The Morgan fingerprint density at radius 2 is 2.00 bits per heavy atom. The number of anilines is 1. The fraction of sp³-hybridized carbons (Fsp3) is 0.250. The Bertz CT molecular complexity index is 995. The Morgan fingerprint density at radius 1 is 1.24 bits per heavy atom. The second-order valence-electron chi connectivity index (χ2n) is 6.13. The molecule has 9 heteroatoms. The van der Waals surface area contributed by atoms with Gasteiger partial charge in [-0.2, -0.15) is 0 Å².